The molecule has 1 heterocycles. The molecule has 6 heteroatoms. The molecule has 0 aliphatic heterocycles. The van der Waals surface area contributed by atoms with E-state index < -0.39 is 5.91 Å². The van der Waals surface area contributed by atoms with E-state index in [9.17, 15) is 4.79 Å². The summed E-state index contributed by atoms with van der Waals surface area (Å²) < 4.78 is 5.18. The highest BCUT2D eigenvalue weighted by atomic mass is 16.5. The maximum atomic E-state index is 10.6. The van der Waals surface area contributed by atoms with Crippen LogP contribution >= 0.6 is 0 Å². The van der Waals surface area contributed by atoms with E-state index in [2.05, 4.69) is 15.5 Å². The van der Waals surface area contributed by atoms with Gasteiger partial charge >= 0.3 is 0 Å². The summed E-state index contributed by atoms with van der Waals surface area (Å²) in [4.78, 5) is 10.6. The zero-order valence-electron chi connectivity index (χ0n) is 10.6. The number of aromatic amines is 1. The molecule has 1 amide bonds. The van der Waals surface area contributed by atoms with Crippen LogP contribution in [0, 0.1) is 0 Å². The highest BCUT2D eigenvalue weighted by molar-refractivity contribution is 5.75. The Morgan fingerprint density at radius 3 is 2.74 bits per heavy atom. The first-order chi connectivity index (χ1) is 9.15. The van der Waals surface area contributed by atoms with Crippen molar-refractivity contribution in [1.82, 2.24) is 10.2 Å². The number of anilines is 1. The van der Waals surface area contributed by atoms with Crippen molar-refractivity contribution < 1.29 is 9.53 Å². The van der Waals surface area contributed by atoms with Crippen molar-refractivity contribution in [3.05, 3.63) is 42.2 Å². The van der Waals surface area contributed by atoms with E-state index in [1.54, 1.807) is 18.3 Å². The SMILES string of the molecule is CC(Nc1ccc(OCC(N)=O)cc1)c1ccn[nH]1. The standard InChI is InChI=1S/C13H16N4O2/c1-9(12-6-7-15-17-12)16-10-2-4-11(5-3-10)19-8-13(14)18/h2-7,9,16H,8H2,1H3,(H2,14,18)(H,15,17). The smallest absolute Gasteiger partial charge is 0.255 e. The van der Waals surface area contributed by atoms with Gasteiger partial charge in [-0.25, -0.2) is 0 Å². The van der Waals surface area contributed by atoms with Gasteiger partial charge in [0.2, 0.25) is 0 Å². The van der Waals surface area contributed by atoms with Gasteiger partial charge in [-0.05, 0) is 37.3 Å². The van der Waals surface area contributed by atoms with Gasteiger partial charge in [-0.2, -0.15) is 5.10 Å². The Hall–Kier alpha value is -2.50. The minimum atomic E-state index is -0.491. The van der Waals surface area contributed by atoms with Gasteiger partial charge in [0.15, 0.2) is 6.61 Å². The third-order valence-corrected chi connectivity index (χ3v) is 2.61. The third kappa shape index (κ3) is 3.74. The minimum Gasteiger partial charge on any atom is -0.484 e. The van der Waals surface area contributed by atoms with Crippen LogP contribution in [-0.4, -0.2) is 22.7 Å². The second-order valence-corrected chi connectivity index (χ2v) is 4.16. The van der Waals surface area contributed by atoms with Crippen molar-refractivity contribution in [2.24, 2.45) is 5.73 Å². The Morgan fingerprint density at radius 1 is 1.42 bits per heavy atom. The monoisotopic (exact) mass is 260 g/mol. The summed E-state index contributed by atoms with van der Waals surface area (Å²) in [5.41, 5.74) is 6.97. The molecule has 2 rings (SSSR count). The number of ether oxygens (including phenoxy) is 1. The highest BCUT2D eigenvalue weighted by Gasteiger charge is 2.06. The fourth-order valence-corrected chi connectivity index (χ4v) is 1.64. The average molecular weight is 260 g/mol. The second-order valence-electron chi connectivity index (χ2n) is 4.16. The van der Waals surface area contributed by atoms with Crippen LogP contribution in [0.5, 0.6) is 5.75 Å². The maximum absolute atomic E-state index is 10.6. The molecule has 0 bridgehead atoms. The van der Waals surface area contributed by atoms with E-state index in [1.807, 2.05) is 25.1 Å². The Morgan fingerprint density at radius 2 is 2.16 bits per heavy atom. The molecule has 0 spiro atoms. The minimum absolute atomic E-state index is 0.114. The molecule has 2 aromatic rings. The van der Waals surface area contributed by atoms with E-state index in [0.717, 1.165) is 11.4 Å². The first-order valence-corrected chi connectivity index (χ1v) is 5.92. The van der Waals surface area contributed by atoms with E-state index in [1.165, 1.54) is 0 Å². The van der Waals surface area contributed by atoms with Gasteiger partial charge in [-0.15, -0.1) is 0 Å². The number of rotatable bonds is 6. The van der Waals surface area contributed by atoms with Crippen LogP contribution in [0.3, 0.4) is 0 Å². The van der Waals surface area contributed by atoms with Gasteiger partial charge in [-0.3, -0.25) is 9.89 Å². The van der Waals surface area contributed by atoms with E-state index in [4.69, 9.17) is 10.5 Å². The predicted molar refractivity (Wildman–Crippen MR) is 71.8 cm³/mol. The molecule has 0 saturated carbocycles. The largest absolute Gasteiger partial charge is 0.484 e. The van der Waals surface area contributed by atoms with Gasteiger partial charge in [0.1, 0.15) is 5.75 Å². The topological polar surface area (TPSA) is 93.0 Å². The molecule has 100 valence electrons. The molecular weight excluding hydrogens is 244 g/mol. The molecule has 19 heavy (non-hydrogen) atoms. The summed E-state index contributed by atoms with van der Waals surface area (Å²) in [6.07, 6.45) is 1.72. The lowest BCUT2D eigenvalue weighted by Crippen LogP contribution is -2.19. The quantitative estimate of drug-likeness (QED) is 0.732. The fourth-order valence-electron chi connectivity index (χ4n) is 1.64. The molecule has 1 atom stereocenters. The van der Waals surface area contributed by atoms with Crippen molar-refractivity contribution in [3.8, 4) is 5.75 Å². The lowest BCUT2D eigenvalue weighted by atomic mass is 10.2. The van der Waals surface area contributed by atoms with Crippen molar-refractivity contribution in [2.75, 3.05) is 11.9 Å². The van der Waals surface area contributed by atoms with Gasteiger partial charge in [0.25, 0.3) is 5.91 Å². The van der Waals surface area contributed by atoms with Gasteiger partial charge in [-0.1, -0.05) is 0 Å². The molecule has 1 aromatic heterocycles. The van der Waals surface area contributed by atoms with Gasteiger partial charge < -0.3 is 15.8 Å². The van der Waals surface area contributed by atoms with Crippen molar-refractivity contribution in [3.63, 3.8) is 0 Å². The highest BCUT2D eigenvalue weighted by Crippen LogP contribution is 2.20. The van der Waals surface area contributed by atoms with Crippen molar-refractivity contribution in [2.45, 2.75) is 13.0 Å². The average Bonchev–Trinajstić information content (AvgIpc) is 2.92. The molecular formula is C13H16N4O2. The second kappa shape index (κ2) is 5.90. The number of hydrogen-bond donors (Lipinski definition) is 3. The number of benzene rings is 1. The zero-order chi connectivity index (χ0) is 13.7. The lowest BCUT2D eigenvalue weighted by Gasteiger charge is -2.14. The fraction of sp³-hybridized carbons (Fsp3) is 0.231. The number of carbonyl (C=O) groups is 1. The first-order valence-electron chi connectivity index (χ1n) is 5.92. The maximum Gasteiger partial charge on any atom is 0.255 e. The Bertz CT molecular complexity index is 522. The van der Waals surface area contributed by atoms with Crippen LogP contribution < -0.4 is 15.8 Å². The predicted octanol–water partition coefficient (Wildman–Crippen LogP) is 1.45. The lowest BCUT2D eigenvalue weighted by molar-refractivity contribution is -0.119. The molecule has 6 nitrogen and oxygen atoms in total. The number of hydrogen-bond acceptors (Lipinski definition) is 4. The normalized spacial score (nSPS) is 11.8. The summed E-state index contributed by atoms with van der Waals surface area (Å²) in [5.74, 6) is 0.119. The summed E-state index contributed by atoms with van der Waals surface area (Å²) in [6, 6.07) is 9.37. The Labute approximate surface area is 111 Å². The van der Waals surface area contributed by atoms with Crippen LogP contribution in [0.1, 0.15) is 18.7 Å². The molecule has 0 radical (unpaired) electrons. The van der Waals surface area contributed by atoms with Crippen molar-refractivity contribution >= 4 is 11.6 Å². The number of H-pyrrole nitrogens is 1. The number of amides is 1. The molecule has 0 aliphatic rings. The van der Waals surface area contributed by atoms with Crippen LogP contribution in [-0.2, 0) is 4.79 Å². The number of primary amides is 1. The molecule has 0 saturated heterocycles. The zero-order valence-corrected chi connectivity index (χ0v) is 10.6. The molecule has 4 N–H and O–H groups in total. The summed E-state index contributed by atoms with van der Waals surface area (Å²) >= 11 is 0. The molecule has 0 aliphatic carbocycles. The Balaban J connectivity index is 1.93. The summed E-state index contributed by atoms with van der Waals surface area (Å²) in [6.45, 7) is 1.92. The van der Waals surface area contributed by atoms with E-state index in [-0.39, 0.29) is 12.6 Å². The number of aromatic nitrogens is 2. The van der Waals surface area contributed by atoms with Gasteiger partial charge in [0, 0.05) is 11.9 Å². The van der Waals surface area contributed by atoms with Crippen LogP contribution in [0.15, 0.2) is 36.5 Å². The van der Waals surface area contributed by atoms with Crippen LogP contribution in [0.4, 0.5) is 5.69 Å². The summed E-state index contributed by atoms with van der Waals surface area (Å²) in [7, 11) is 0. The van der Waals surface area contributed by atoms with E-state index >= 15 is 0 Å². The number of nitrogens with two attached hydrogens (primary N) is 1. The van der Waals surface area contributed by atoms with Crippen LogP contribution in [0.2, 0.25) is 0 Å². The number of nitrogens with zero attached hydrogens (tertiary/aromatic N) is 1. The van der Waals surface area contributed by atoms with Crippen molar-refractivity contribution in [1.29, 1.82) is 0 Å². The Kier molecular flexibility index (Phi) is 4.02. The number of carbonyl (C=O) groups excluding carboxylic acids is 1. The first kappa shape index (κ1) is 12.9. The number of nitrogens with one attached hydrogen (secondary N) is 2. The molecule has 0 fully saturated rings. The molecule has 1 aromatic carbocycles. The van der Waals surface area contributed by atoms with Gasteiger partial charge in [0.05, 0.1) is 11.7 Å². The molecule has 1 unspecified atom stereocenters. The summed E-state index contributed by atoms with van der Waals surface area (Å²) in [5, 5.41) is 10.1. The van der Waals surface area contributed by atoms with Crippen LogP contribution in [0.25, 0.3) is 0 Å². The van der Waals surface area contributed by atoms with E-state index in [0.29, 0.717) is 5.75 Å². The third-order valence-electron chi connectivity index (χ3n) is 2.61.